The zero-order valence-corrected chi connectivity index (χ0v) is 11.2. The van der Waals surface area contributed by atoms with Crippen LogP contribution in [-0.4, -0.2) is 11.1 Å². The van der Waals surface area contributed by atoms with Crippen LogP contribution in [0.25, 0.3) is 11.1 Å². The van der Waals surface area contributed by atoms with Crippen LogP contribution in [0.2, 0.25) is 0 Å². The maximum absolute atomic E-state index is 13.9. The number of halogens is 2. The Kier molecular flexibility index (Phi) is 4.65. The van der Waals surface area contributed by atoms with Gasteiger partial charge in [0, 0.05) is 18.0 Å². The molecule has 1 unspecified atom stereocenters. The number of benzene rings is 2. The van der Waals surface area contributed by atoms with E-state index in [1.54, 1.807) is 30.3 Å². The summed E-state index contributed by atoms with van der Waals surface area (Å²) >= 11 is 0. The van der Waals surface area contributed by atoms with E-state index in [9.17, 15) is 13.6 Å². The first kappa shape index (κ1) is 15.1. The molecule has 2 aromatic carbocycles. The maximum Gasteiger partial charge on any atom is 0.303 e. The minimum atomic E-state index is -0.989. The fourth-order valence-corrected chi connectivity index (χ4v) is 2.10. The van der Waals surface area contributed by atoms with Gasteiger partial charge in [0.25, 0.3) is 0 Å². The van der Waals surface area contributed by atoms with Crippen LogP contribution in [0.3, 0.4) is 0 Å². The van der Waals surface area contributed by atoms with Gasteiger partial charge in [-0.25, -0.2) is 8.78 Å². The van der Waals surface area contributed by atoms with Crippen molar-refractivity contribution in [3.8, 4) is 11.1 Å². The molecule has 0 aliphatic carbocycles. The summed E-state index contributed by atoms with van der Waals surface area (Å²) in [5, 5.41) is 8.65. The SMILES string of the molecule is NC(CCC(=O)O)c1cc(F)c(F)c(-c2ccccc2)c1. The lowest BCUT2D eigenvalue weighted by molar-refractivity contribution is -0.137. The number of rotatable bonds is 5. The first-order valence-corrected chi connectivity index (χ1v) is 6.50. The number of hydrogen-bond donors (Lipinski definition) is 2. The van der Waals surface area contributed by atoms with E-state index in [0.29, 0.717) is 11.1 Å². The average molecular weight is 291 g/mol. The molecule has 0 spiro atoms. The van der Waals surface area contributed by atoms with Gasteiger partial charge in [-0.15, -0.1) is 0 Å². The lowest BCUT2D eigenvalue weighted by Crippen LogP contribution is -2.13. The standard InChI is InChI=1S/C16H15F2NO2/c17-13-9-11(14(19)6-7-15(20)21)8-12(16(13)18)10-4-2-1-3-5-10/h1-5,8-9,14H,6-7,19H2,(H,20,21). The topological polar surface area (TPSA) is 63.3 Å². The van der Waals surface area contributed by atoms with E-state index in [0.717, 1.165) is 6.07 Å². The van der Waals surface area contributed by atoms with Gasteiger partial charge < -0.3 is 10.8 Å². The highest BCUT2D eigenvalue weighted by atomic mass is 19.2. The Labute approximate surface area is 121 Å². The van der Waals surface area contributed by atoms with Gasteiger partial charge in [-0.2, -0.15) is 0 Å². The van der Waals surface area contributed by atoms with Crippen molar-refractivity contribution in [1.29, 1.82) is 0 Å². The van der Waals surface area contributed by atoms with Crippen LogP contribution in [0.1, 0.15) is 24.4 Å². The Morgan fingerprint density at radius 2 is 1.86 bits per heavy atom. The Hall–Kier alpha value is -2.27. The Balaban J connectivity index is 2.37. The van der Waals surface area contributed by atoms with E-state index in [2.05, 4.69) is 0 Å². The molecule has 0 fully saturated rings. The van der Waals surface area contributed by atoms with Crippen LogP contribution in [0.4, 0.5) is 8.78 Å². The second-order valence-corrected chi connectivity index (χ2v) is 4.77. The largest absolute Gasteiger partial charge is 0.481 e. The van der Waals surface area contributed by atoms with Crippen LogP contribution in [0.15, 0.2) is 42.5 Å². The second kappa shape index (κ2) is 6.45. The van der Waals surface area contributed by atoms with Crippen LogP contribution >= 0.6 is 0 Å². The summed E-state index contributed by atoms with van der Waals surface area (Å²) in [7, 11) is 0. The van der Waals surface area contributed by atoms with Crippen LogP contribution < -0.4 is 5.73 Å². The van der Waals surface area contributed by atoms with Gasteiger partial charge in [0.1, 0.15) is 0 Å². The predicted molar refractivity (Wildman–Crippen MR) is 75.6 cm³/mol. The molecular formula is C16H15F2NO2. The molecule has 21 heavy (non-hydrogen) atoms. The number of carboxylic acids is 1. The molecule has 0 amide bonds. The fourth-order valence-electron chi connectivity index (χ4n) is 2.10. The van der Waals surface area contributed by atoms with Crippen molar-refractivity contribution < 1.29 is 18.7 Å². The van der Waals surface area contributed by atoms with Crippen LogP contribution in [0, 0.1) is 11.6 Å². The third-order valence-corrected chi connectivity index (χ3v) is 3.23. The highest BCUT2D eigenvalue weighted by Crippen LogP contribution is 2.29. The van der Waals surface area contributed by atoms with E-state index in [1.807, 2.05) is 0 Å². The molecule has 0 heterocycles. The molecule has 0 saturated carbocycles. The molecule has 3 N–H and O–H groups in total. The zero-order chi connectivity index (χ0) is 15.4. The molecular weight excluding hydrogens is 276 g/mol. The summed E-state index contributed by atoms with van der Waals surface area (Å²) in [4.78, 5) is 10.6. The molecule has 2 aromatic rings. The van der Waals surface area contributed by atoms with Crippen molar-refractivity contribution in [2.24, 2.45) is 5.73 Å². The first-order valence-electron chi connectivity index (χ1n) is 6.50. The molecule has 110 valence electrons. The number of carboxylic acid groups (broad SMARTS) is 1. The van der Waals surface area contributed by atoms with Gasteiger partial charge in [-0.05, 0) is 29.7 Å². The first-order chi connectivity index (χ1) is 9.99. The minimum Gasteiger partial charge on any atom is -0.481 e. The van der Waals surface area contributed by atoms with E-state index in [4.69, 9.17) is 10.8 Å². The van der Waals surface area contributed by atoms with Crippen LogP contribution in [-0.2, 0) is 4.79 Å². The van der Waals surface area contributed by atoms with Gasteiger partial charge in [0.05, 0.1) is 0 Å². The quantitative estimate of drug-likeness (QED) is 0.886. The number of hydrogen-bond acceptors (Lipinski definition) is 2. The van der Waals surface area contributed by atoms with Crippen molar-refractivity contribution in [3.05, 3.63) is 59.7 Å². The number of carbonyl (C=O) groups is 1. The van der Waals surface area contributed by atoms with Gasteiger partial charge >= 0.3 is 5.97 Å². The minimum absolute atomic E-state index is 0.122. The second-order valence-electron chi connectivity index (χ2n) is 4.77. The summed E-state index contributed by atoms with van der Waals surface area (Å²) in [5.74, 6) is -2.90. The van der Waals surface area contributed by atoms with Crippen molar-refractivity contribution in [2.75, 3.05) is 0 Å². The molecule has 0 aliphatic rings. The van der Waals surface area contributed by atoms with Gasteiger partial charge in [0.2, 0.25) is 0 Å². The lowest BCUT2D eigenvalue weighted by Gasteiger charge is -2.14. The van der Waals surface area contributed by atoms with Crippen molar-refractivity contribution in [1.82, 2.24) is 0 Å². The third kappa shape index (κ3) is 3.64. The number of nitrogens with two attached hydrogens (primary N) is 1. The zero-order valence-electron chi connectivity index (χ0n) is 11.2. The molecule has 0 saturated heterocycles. The van der Waals surface area contributed by atoms with Crippen molar-refractivity contribution >= 4 is 5.97 Å². The lowest BCUT2D eigenvalue weighted by atomic mass is 9.96. The molecule has 0 bridgehead atoms. The summed E-state index contributed by atoms with van der Waals surface area (Å²) in [5.41, 5.74) is 6.90. The van der Waals surface area contributed by atoms with Gasteiger partial charge in [0.15, 0.2) is 11.6 Å². The van der Waals surface area contributed by atoms with Crippen molar-refractivity contribution in [3.63, 3.8) is 0 Å². The molecule has 3 nitrogen and oxygen atoms in total. The normalized spacial score (nSPS) is 12.1. The predicted octanol–water partition coefficient (Wildman–Crippen LogP) is 3.50. The molecule has 1 atom stereocenters. The maximum atomic E-state index is 13.9. The Morgan fingerprint density at radius 3 is 2.48 bits per heavy atom. The fraction of sp³-hybridized carbons (Fsp3) is 0.188. The molecule has 0 aliphatic heterocycles. The van der Waals surface area contributed by atoms with E-state index in [-0.39, 0.29) is 18.4 Å². The van der Waals surface area contributed by atoms with Gasteiger partial charge in [-0.1, -0.05) is 30.3 Å². The molecule has 2 rings (SSSR count). The highest BCUT2D eigenvalue weighted by molar-refractivity contribution is 5.67. The highest BCUT2D eigenvalue weighted by Gasteiger charge is 2.16. The Bertz CT molecular complexity index is 644. The van der Waals surface area contributed by atoms with Crippen molar-refractivity contribution in [2.45, 2.75) is 18.9 Å². The summed E-state index contributed by atoms with van der Waals surface area (Å²) < 4.78 is 27.7. The monoisotopic (exact) mass is 291 g/mol. The van der Waals surface area contributed by atoms with Crippen LogP contribution in [0.5, 0.6) is 0 Å². The summed E-state index contributed by atoms with van der Waals surface area (Å²) in [6.07, 6.45) is 0.0372. The number of aliphatic carboxylic acids is 1. The average Bonchev–Trinajstić information content (AvgIpc) is 2.48. The Morgan fingerprint density at radius 1 is 1.19 bits per heavy atom. The van der Waals surface area contributed by atoms with E-state index in [1.165, 1.54) is 6.07 Å². The molecule has 5 heteroatoms. The van der Waals surface area contributed by atoms with E-state index < -0.39 is 23.6 Å². The molecule has 0 radical (unpaired) electrons. The summed E-state index contributed by atoms with van der Waals surface area (Å²) in [6, 6.07) is 10.4. The molecule has 0 aromatic heterocycles. The third-order valence-electron chi connectivity index (χ3n) is 3.23. The smallest absolute Gasteiger partial charge is 0.303 e. The van der Waals surface area contributed by atoms with Gasteiger partial charge in [-0.3, -0.25) is 4.79 Å². The van der Waals surface area contributed by atoms with E-state index >= 15 is 0 Å². The summed E-state index contributed by atoms with van der Waals surface area (Å²) in [6.45, 7) is 0.